The van der Waals surface area contributed by atoms with E-state index in [1.165, 1.54) is 74.4 Å². The van der Waals surface area contributed by atoms with Gasteiger partial charge >= 0.3 is 0 Å². The van der Waals surface area contributed by atoms with E-state index in [-0.39, 0.29) is 11.8 Å². The van der Waals surface area contributed by atoms with Gasteiger partial charge in [-0.25, -0.2) is 4.98 Å². The minimum absolute atomic E-state index is 0.137. The molecule has 1 fully saturated rings. The molecule has 34 heavy (non-hydrogen) atoms. The Morgan fingerprint density at radius 1 is 0.882 bits per heavy atom. The van der Waals surface area contributed by atoms with E-state index in [4.69, 9.17) is 4.98 Å². The van der Waals surface area contributed by atoms with E-state index in [0.29, 0.717) is 13.0 Å². The molecule has 4 heteroatoms. The molecule has 1 unspecified atom stereocenters. The van der Waals surface area contributed by atoms with E-state index in [0.717, 1.165) is 23.6 Å². The summed E-state index contributed by atoms with van der Waals surface area (Å²) in [5.41, 5.74) is 5.72. The fourth-order valence-electron chi connectivity index (χ4n) is 5.36. The molecule has 0 radical (unpaired) electrons. The zero-order valence-corrected chi connectivity index (χ0v) is 21.4. The van der Waals surface area contributed by atoms with Crippen LogP contribution >= 0.6 is 0 Å². The summed E-state index contributed by atoms with van der Waals surface area (Å²) in [5.74, 6) is 1.43. The number of para-hydroxylation sites is 2. The second-order valence-electron chi connectivity index (χ2n) is 10.1. The van der Waals surface area contributed by atoms with Gasteiger partial charge in [0, 0.05) is 31.1 Å². The van der Waals surface area contributed by atoms with Gasteiger partial charge in [0.05, 0.1) is 11.0 Å². The van der Waals surface area contributed by atoms with Crippen LogP contribution in [0, 0.1) is 13.8 Å². The summed E-state index contributed by atoms with van der Waals surface area (Å²) >= 11 is 0. The number of aryl methyl sites for hydroxylation is 2. The minimum atomic E-state index is 0.137. The van der Waals surface area contributed by atoms with Gasteiger partial charge in [-0.3, -0.25) is 4.79 Å². The third-order valence-electron chi connectivity index (χ3n) is 7.53. The van der Waals surface area contributed by atoms with Crippen molar-refractivity contribution in [3.8, 4) is 0 Å². The molecule has 4 rings (SSSR count). The van der Waals surface area contributed by atoms with Gasteiger partial charge < -0.3 is 9.47 Å². The summed E-state index contributed by atoms with van der Waals surface area (Å²) in [4.78, 5) is 20.1. The van der Waals surface area contributed by atoms with Crippen molar-refractivity contribution in [3.05, 3.63) is 59.4 Å². The Balaban J connectivity index is 1.43. The van der Waals surface area contributed by atoms with Crippen molar-refractivity contribution in [2.75, 3.05) is 11.4 Å². The van der Waals surface area contributed by atoms with Crippen molar-refractivity contribution < 1.29 is 4.79 Å². The van der Waals surface area contributed by atoms with E-state index < -0.39 is 0 Å². The third-order valence-corrected chi connectivity index (χ3v) is 7.53. The molecule has 1 aromatic heterocycles. The summed E-state index contributed by atoms with van der Waals surface area (Å²) < 4.78 is 2.40. The molecule has 2 aromatic carbocycles. The van der Waals surface area contributed by atoms with E-state index in [2.05, 4.69) is 67.8 Å². The quantitative estimate of drug-likeness (QED) is 0.260. The van der Waals surface area contributed by atoms with Crippen LogP contribution in [0.1, 0.15) is 94.0 Å². The van der Waals surface area contributed by atoms with Crippen LogP contribution in [-0.4, -0.2) is 22.0 Å². The molecule has 3 aromatic rings. The first-order valence-electron chi connectivity index (χ1n) is 13.4. The van der Waals surface area contributed by atoms with Gasteiger partial charge in [0.2, 0.25) is 5.91 Å². The van der Waals surface area contributed by atoms with Gasteiger partial charge in [-0.05, 0) is 49.6 Å². The molecule has 1 saturated heterocycles. The van der Waals surface area contributed by atoms with Crippen LogP contribution in [0.4, 0.5) is 5.69 Å². The second-order valence-corrected chi connectivity index (χ2v) is 10.1. The number of carbonyl (C=O) groups is 1. The Morgan fingerprint density at radius 2 is 1.59 bits per heavy atom. The predicted octanol–water partition coefficient (Wildman–Crippen LogP) is 7.70. The molecule has 4 nitrogen and oxygen atoms in total. The first-order chi connectivity index (χ1) is 16.6. The lowest BCUT2D eigenvalue weighted by Crippen LogP contribution is -2.25. The van der Waals surface area contributed by atoms with Crippen molar-refractivity contribution in [2.45, 2.75) is 97.4 Å². The van der Waals surface area contributed by atoms with Crippen LogP contribution in [0.2, 0.25) is 0 Å². The lowest BCUT2D eigenvalue weighted by Gasteiger charge is -2.20. The van der Waals surface area contributed by atoms with E-state index >= 15 is 0 Å². The monoisotopic (exact) mass is 459 g/mol. The first-order valence-corrected chi connectivity index (χ1v) is 13.4. The van der Waals surface area contributed by atoms with Crippen LogP contribution in [0.25, 0.3) is 11.0 Å². The summed E-state index contributed by atoms with van der Waals surface area (Å²) in [7, 11) is 0. The lowest BCUT2D eigenvalue weighted by molar-refractivity contribution is -0.117. The zero-order valence-electron chi connectivity index (χ0n) is 21.4. The average Bonchev–Trinajstić information content (AvgIpc) is 3.40. The molecule has 1 atom stereocenters. The summed E-state index contributed by atoms with van der Waals surface area (Å²) in [6, 6.07) is 14.7. The Hall–Kier alpha value is -2.62. The van der Waals surface area contributed by atoms with Gasteiger partial charge in [0.25, 0.3) is 0 Å². The number of aromatic nitrogens is 2. The number of carbonyl (C=O) groups excluding carboxylic acids is 1. The number of hydrogen-bond donors (Lipinski definition) is 0. The van der Waals surface area contributed by atoms with Crippen LogP contribution in [0.3, 0.4) is 0 Å². The molecule has 0 N–H and O–H groups in total. The molecule has 0 aliphatic carbocycles. The van der Waals surface area contributed by atoms with Crippen LogP contribution in [-0.2, 0) is 11.3 Å². The van der Waals surface area contributed by atoms with Gasteiger partial charge in [0.15, 0.2) is 0 Å². The molecule has 1 amide bonds. The number of unbranched alkanes of at least 4 members (excludes halogenated alkanes) is 8. The molecular weight excluding hydrogens is 418 g/mol. The Labute approximate surface area is 205 Å². The van der Waals surface area contributed by atoms with Crippen molar-refractivity contribution in [2.24, 2.45) is 0 Å². The van der Waals surface area contributed by atoms with Gasteiger partial charge in [-0.1, -0.05) is 82.6 Å². The Kier molecular flexibility index (Phi) is 8.42. The maximum absolute atomic E-state index is 13.1. The van der Waals surface area contributed by atoms with Gasteiger partial charge in [-0.15, -0.1) is 0 Å². The summed E-state index contributed by atoms with van der Waals surface area (Å²) in [5, 5.41) is 0. The third kappa shape index (κ3) is 5.54. The van der Waals surface area contributed by atoms with Crippen LogP contribution in [0.5, 0.6) is 0 Å². The normalized spacial score (nSPS) is 16.1. The fourth-order valence-corrected chi connectivity index (χ4v) is 5.36. The summed E-state index contributed by atoms with van der Waals surface area (Å²) in [6.45, 7) is 8.20. The zero-order chi connectivity index (χ0) is 23.9. The maximum Gasteiger partial charge on any atom is 0.227 e. The summed E-state index contributed by atoms with van der Waals surface area (Å²) in [6.07, 6.45) is 12.5. The maximum atomic E-state index is 13.1. The first kappa shape index (κ1) is 24.5. The standard InChI is InChI=1S/C30H41N3O/c1-4-5-6-7-8-9-10-11-14-20-32-28-18-13-12-17-26(28)31-30(32)25-21-29(34)33(22-25)27-19-15-16-23(2)24(27)3/h12-13,15-19,25H,4-11,14,20-22H2,1-3H3. The highest BCUT2D eigenvalue weighted by Gasteiger charge is 2.35. The highest BCUT2D eigenvalue weighted by atomic mass is 16.2. The number of amides is 1. The van der Waals surface area contributed by atoms with E-state index in [1.807, 2.05) is 4.90 Å². The molecular formula is C30H41N3O. The number of fused-ring (bicyclic) bond motifs is 1. The van der Waals surface area contributed by atoms with Crippen molar-refractivity contribution in [1.82, 2.24) is 9.55 Å². The van der Waals surface area contributed by atoms with Crippen molar-refractivity contribution in [1.29, 1.82) is 0 Å². The number of nitrogens with zero attached hydrogens (tertiary/aromatic N) is 3. The number of rotatable bonds is 12. The topological polar surface area (TPSA) is 38.1 Å². The minimum Gasteiger partial charge on any atom is -0.328 e. The van der Waals surface area contributed by atoms with Crippen LogP contribution < -0.4 is 4.90 Å². The van der Waals surface area contributed by atoms with Crippen LogP contribution in [0.15, 0.2) is 42.5 Å². The smallest absolute Gasteiger partial charge is 0.227 e. The van der Waals surface area contributed by atoms with Gasteiger partial charge in [-0.2, -0.15) is 0 Å². The second kappa shape index (κ2) is 11.7. The SMILES string of the molecule is CCCCCCCCCCCn1c(C2CC(=O)N(c3cccc(C)c3C)C2)nc2ccccc21. The van der Waals surface area contributed by atoms with Crippen molar-refractivity contribution >= 4 is 22.6 Å². The number of imidazole rings is 1. The highest BCUT2D eigenvalue weighted by molar-refractivity contribution is 5.97. The highest BCUT2D eigenvalue weighted by Crippen LogP contribution is 2.35. The molecule has 182 valence electrons. The lowest BCUT2D eigenvalue weighted by atomic mass is 10.1. The Morgan fingerprint density at radius 3 is 2.35 bits per heavy atom. The van der Waals surface area contributed by atoms with Crippen molar-refractivity contribution in [3.63, 3.8) is 0 Å². The molecule has 1 aliphatic heterocycles. The fraction of sp³-hybridized carbons (Fsp3) is 0.533. The predicted molar refractivity (Wildman–Crippen MR) is 143 cm³/mol. The largest absolute Gasteiger partial charge is 0.328 e. The number of hydrogen-bond acceptors (Lipinski definition) is 2. The molecule has 2 heterocycles. The number of benzene rings is 2. The average molecular weight is 460 g/mol. The van der Waals surface area contributed by atoms with E-state index in [1.54, 1.807) is 0 Å². The molecule has 0 bridgehead atoms. The number of anilines is 1. The Bertz CT molecular complexity index is 1100. The molecule has 0 spiro atoms. The van der Waals surface area contributed by atoms with E-state index in [9.17, 15) is 4.79 Å². The molecule has 0 saturated carbocycles. The molecule has 1 aliphatic rings. The van der Waals surface area contributed by atoms with Gasteiger partial charge in [0.1, 0.15) is 5.82 Å².